The van der Waals surface area contributed by atoms with Gasteiger partial charge in [0.15, 0.2) is 0 Å². The van der Waals surface area contributed by atoms with Crippen LogP contribution in [0.15, 0.2) is 36.4 Å². The van der Waals surface area contributed by atoms with Crippen molar-refractivity contribution in [3.05, 3.63) is 42.0 Å². The SMILES string of the molecule is CC/C(=C\C(=O)N1CCCN(C(=O)C(C)C)CC1)c1ccccc1. The average Bonchev–Trinajstić information content (AvgIpc) is 2.85. The first-order chi connectivity index (χ1) is 11.5. The van der Waals surface area contributed by atoms with Crippen LogP contribution >= 0.6 is 0 Å². The van der Waals surface area contributed by atoms with Gasteiger partial charge in [0.05, 0.1) is 0 Å². The van der Waals surface area contributed by atoms with Gasteiger partial charge in [0.2, 0.25) is 11.8 Å². The lowest BCUT2D eigenvalue weighted by atomic mass is 10.0. The number of hydrogen-bond donors (Lipinski definition) is 0. The van der Waals surface area contributed by atoms with Crippen molar-refractivity contribution < 1.29 is 9.59 Å². The number of allylic oxidation sites excluding steroid dienone is 1. The second kappa shape index (κ2) is 8.67. The van der Waals surface area contributed by atoms with Gasteiger partial charge in [0, 0.05) is 38.2 Å². The molecule has 130 valence electrons. The van der Waals surface area contributed by atoms with Gasteiger partial charge in [-0.15, -0.1) is 0 Å². The molecule has 1 aromatic carbocycles. The van der Waals surface area contributed by atoms with E-state index in [2.05, 4.69) is 6.92 Å². The predicted molar refractivity (Wildman–Crippen MR) is 97.3 cm³/mol. The number of hydrogen-bond acceptors (Lipinski definition) is 2. The Morgan fingerprint density at radius 1 is 1.04 bits per heavy atom. The quantitative estimate of drug-likeness (QED) is 0.797. The number of nitrogens with zero attached hydrogens (tertiary/aromatic N) is 2. The summed E-state index contributed by atoms with van der Waals surface area (Å²) in [6.07, 6.45) is 3.42. The van der Waals surface area contributed by atoms with Gasteiger partial charge in [-0.05, 0) is 24.0 Å². The Hall–Kier alpha value is -2.10. The predicted octanol–water partition coefficient (Wildman–Crippen LogP) is 3.20. The number of rotatable bonds is 4. The first-order valence-corrected chi connectivity index (χ1v) is 8.86. The minimum absolute atomic E-state index is 0.0110. The van der Waals surface area contributed by atoms with Crippen LogP contribution in [0.4, 0.5) is 0 Å². The third-order valence-electron chi connectivity index (χ3n) is 4.44. The van der Waals surface area contributed by atoms with Gasteiger partial charge < -0.3 is 9.80 Å². The van der Waals surface area contributed by atoms with Crippen molar-refractivity contribution in [3.8, 4) is 0 Å². The molecule has 0 saturated carbocycles. The Bertz CT molecular complexity index is 593. The standard InChI is InChI=1S/C20H28N2O2/c1-4-17(18-9-6-5-7-10-18)15-19(23)21-11-8-12-22(14-13-21)20(24)16(2)3/h5-7,9-10,15-16H,4,8,11-14H2,1-3H3/b17-15+. The van der Waals surface area contributed by atoms with Crippen molar-refractivity contribution >= 4 is 17.4 Å². The fourth-order valence-corrected chi connectivity index (χ4v) is 3.01. The minimum Gasteiger partial charge on any atom is -0.341 e. The zero-order chi connectivity index (χ0) is 17.5. The van der Waals surface area contributed by atoms with E-state index in [-0.39, 0.29) is 17.7 Å². The van der Waals surface area contributed by atoms with Gasteiger partial charge in [-0.3, -0.25) is 9.59 Å². The third-order valence-corrected chi connectivity index (χ3v) is 4.44. The highest BCUT2D eigenvalue weighted by atomic mass is 16.2. The molecule has 1 saturated heterocycles. The first kappa shape index (κ1) is 18.2. The second-order valence-electron chi connectivity index (χ2n) is 6.55. The van der Waals surface area contributed by atoms with Crippen LogP contribution in [0.5, 0.6) is 0 Å². The molecule has 0 aliphatic carbocycles. The summed E-state index contributed by atoms with van der Waals surface area (Å²) < 4.78 is 0. The molecule has 2 rings (SSSR count). The molecule has 0 bridgehead atoms. The van der Waals surface area contributed by atoms with Crippen molar-refractivity contribution in [1.29, 1.82) is 0 Å². The zero-order valence-electron chi connectivity index (χ0n) is 15.0. The fourth-order valence-electron chi connectivity index (χ4n) is 3.01. The maximum absolute atomic E-state index is 12.6. The van der Waals surface area contributed by atoms with E-state index < -0.39 is 0 Å². The third kappa shape index (κ3) is 4.70. The highest BCUT2D eigenvalue weighted by Gasteiger charge is 2.22. The van der Waals surface area contributed by atoms with Crippen molar-refractivity contribution in [2.24, 2.45) is 5.92 Å². The molecule has 0 spiro atoms. The van der Waals surface area contributed by atoms with Crippen molar-refractivity contribution in [1.82, 2.24) is 9.80 Å². The summed E-state index contributed by atoms with van der Waals surface area (Å²) in [4.78, 5) is 28.6. The number of carbonyl (C=O) groups excluding carboxylic acids is 2. The summed E-state index contributed by atoms with van der Waals surface area (Å²) in [5.41, 5.74) is 2.15. The summed E-state index contributed by atoms with van der Waals surface area (Å²) in [5.74, 6) is 0.241. The van der Waals surface area contributed by atoms with Crippen LogP contribution in [0.25, 0.3) is 5.57 Å². The first-order valence-electron chi connectivity index (χ1n) is 8.86. The van der Waals surface area contributed by atoms with Gasteiger partial charge in [0.25, 0.3) is 0 Å². The molecule has 1 aliphatic rings. The molecule has 1 heterocycles. The van der Waals surface area contributed by atoms with Gasteiger partial charge >= 0.3 is 0 Å². The largest absolute Gasteiger partial charge is 0.341 e. The van der Waals surface area contributed by atoms with E-state index >= 15 is 0 Å². The summed E-state index contributed by atoms with van der Waals surface area (Å²) >= 11 is 0. The Morgan fingerprint density at radius 2 is 1.67 bits per heavy atom. The van der Waals surface area contributed by atoms with Crippen molar-refractivity contribution in [2.75, 3.05) is 26.2 Å². The molecule has 24 heavy (non-hydrogen) atoms. The molecule has 0 aromatic heterocycles. The smallest absolute Gasteiger partial charge is 0.246 e. The van der Waals surface area contributed by atoms with E-state index in [1.54, 1.807) is 6.08 Å². The average molecular weight is 328 g/mol. The molecule has 1 fully saturated rings. The van der Waals surface area contributed by atoms with Crippen LogP contribution in [0.1, 0.15) is 39.2 Å². The molecular weight excluding hydrogens is 300 g/mol. The van der Waals surface area contributed by atoms with Crippen molar-refractivity contribution in [3.63, 3.8) is 0 Å². The highest BCUT2D eigenvalue weighted by molar-refractivity contribution is 5.95. The summed E-state index contributed by atoms with van der Waals surface area (Å²) in [5, 5.41) is 0. The Balaban J connectivity index is 2.04. The molecule has 2 amide bonds. The van der Waals surface area contributed by atoms with Crippen LogP contribution in [0, 0.1) is 5.92 Å². The van der Waals surface area contributed by atoms with E-state index in [4.69, 9.17) is 0 Å². The lowest BCUT2D eigenvalue weighted by molar-refractivity contribution is -0.134. The molecular formula is C20H28N2O2. The zero-order valence-corrected chi connectivity index (χ0v) is 15.0. The maximum Gasteiger partial charge on any atom is 0.246 e. The van der Waals surface area contributed by atoms with E-state index in [1.165, 1.54) is 0 Å². The lowest BCUT2D eigenvalue weighted by Crippen LogP contribution is -2.38. The molecule has 1 aliphatic heterocycles. The lowest BCUT2D eigenvalue weighted by Gasteiger charge is -2.23. The number of benzene rings is 1. The van der Waals surface area contributed by atoms with E-state index in [0.717, 1.165) is 30.5 Å². The monoisotopic (exact) mass is 328 g/mol. The number of carbonyl (C=O) groups is 2. The van der Waals surface area contributed by atoms with E-state index in [9.17, 15) is 9.59 Å². The fraction of sp³-hybridized carbons (Fsp3) is 0.500. The molecule has 0 radical (unpaired) electrons. The topological polar surface area (TPSA) is 40.6 Å². The van der Waals surface area contributed by atoms with Gasteiger partial charge in [-0.1, -0.05) is 51.1 Å². The van der Waals surface area contributed by atoms with Crippen LogP contribution in [0.2, 0.25) is 0 Å². The molecule has 1 aromatic rings. The second-order valence-corrected chi connectivity index (χ2v) is 6.55. The Morgan fingerprint density at radius 3 is 2.29 bits per heavy atom. The minimum atomic E-state index is 0.0110. The summed E-state index contributed by atoms with van der Waals surface area (Å²) in [6, 6.07) is 10.0. The molecule has 0 atom stereocenters. The summed E-state index contributed by atoms with van der Waals surface area (Å²) in [6.45, 7) is 8.60. The van der Waals surface area contributed by atoms with Gasteiger partial charge in [-0.25, -0.2) is 0 Å². The van der Waals surface area contributed by atoms with Gasteiger partial charge in [0.1, 0.15) is 0 Å². The van der Waals surface area contributed by atoms with Crippen LogP contribution in [-0.4, -0.2) is 47.8 Å². The van der Waals surface area contributed by atoms with Crippen LogP contribution in [0.3, 0.4) is 0 Å². The van der Waals surface area contributed by atoms with E-state index in [0.29, 0.717) is 19.6 Å². The molecule has 0 N–H and O–H groups in total. The van der Waals surface area contributed by atoms with Crippen molar-refractivity contribution in [2.45, 2.75) is 33.6 Å². The Kier molecular flexibility index (Phi) is 6.59. The summed E-state index contributed by atoms with van der Waals surface area (Å²) in [7, 11) is 0. The molecule has 4 nitrogen and oxygen atoms in total. The maximum atomic E-state index is 12.6. The normalized spacial score (nSPS) is 16.2. The number of amides is 2. The molecule has 0 unspecified atom stereocenters. The van der Waals surface area contributed by atoms with E-state index in [1.807, 2.05) is 54.0 Å². The highest BCUT2D eigenvalue weighted by Crippen LogP contribution is 2.18. The van der Waals surface area contributed by atoms with Crippen LogP contribution < -0.4 is 0 Å². The van der Waals surface area contributed by atoms with Gasteiger partial charge in [-0.2, -0.15) is 0 Å². The van der Waals surface area contributed by atoms with Crippen LogP contribution in [-0.2, 0) is 9.59 Å². The Labute approximate surface area is 145 Å². The molecule has 4 heteroatoms.